The van der Waals surface area contributed by atoms with E-state index in [-0.39, 0.29) is 5.91 Å². The van der Waals surface area contributed by atoms with Gasteiger partial charge in [0.05, 0.1) is 5.56 Å². The van der Waals surface area contributed by atoms with Crippen molar-refractivity contribution < 1.29 is 4.79 Å². The third-order valence-electron chi connectivity index (χ3n) is 4.90. The topological polar surface area (TPSA) is 31.2 Å². The summed E-state index contributed by atoms with van der Waals surface area (Å²) in [6.45, 7) is 7.16. The summed E-state index contributed by atoms with van der Waals surface area (Å²) < 4.78 is 2.16. The summed E-state index contributed by atoms with van der Waals surface area (Å²) in [6.07, 6.45) is 4.14. The van der Waals surface area contributed by atoms with E-state index in [0.717, 1.165) is 56.6 Å². The van der Waals surface area contributed by atoms with Gasteiger partial charge in [-0.1, -0.05) is 13.3 Å². The molecule has 2 aromatic heterocycles. The van der Waals surface area contributed by atoms with E-state index < -0.39 is 0 Å². The predicted octanol–water partition coefficient (Wildman–Crippen LogP) is 2.56. The molecule has 1 fully saturated rings. The van der Waals surface area contributed by atoms with Crippen LogP contribution in [0.5, 0.6) is 0 Å². The molecule has 1 aliphatic heterocycles. The molecule has 0 bridgehead atoms. The molecular weight excluding hydrogens is 300 g/mol. The van der Waals surface area contributed by atoms with Crippen molar-refractivity contribution >= 4 is 17.2 Å². The second-order valence-corrected chi connectivity index (χ2v) is 6.77. The number of rotatable bonds is 5. The van der Waals surface area contributed by atoms with Gasteiger partial charge >= 0.3 is 0 Å². The summed E-state index contributed by atoms with van der Waals surface area (Å²) in [7, 11) is 4.05. The van der Waals surface area contributed by atoms with Gasteiger partial charge in [-0.15, -0.1) is 0 Å². The fraction of sp³-hybridized carbons (Fsp3) is 0.526. The van der Waals surface area contributed by atoms with Gasteiger partial charge in [0.25, 0.3) is 5.91 Å². The molecule has 0 spiro atoms. The highest BCUT2D eigenvalue weighted by Gasteiger charge is 2.18. The molecule has 130 valence electrons. The maximum Gasteiger partial charge on any atom is 0.255 e. The SMILES string of the molecule is CCCCN(C)C(=O)c1ccc2ccc(N3CCN(C)CC3)n2c1. The van der Waals surface area contributed by atoms with Crippen LogP contribution in [-0.2, 0) is 0 Å². The lowest BCUT2D eigenvalue weighted by molar-refractivity contribution is 0.0793. The minimum atomic E-state index is 0.100. The van der Waals surface area contributed by atoms with Crippen molar-refractivity contribution in [3.63, 3.8) is 0 Å². The molecule has 0 N–H and O–H groups in total. The maximum absolute atomic E-state index is 12.6. The molecular formula is C19H28N4O. The van der Waals surface area contributed by atoms with Crippen LogP contribution in [0.25, 0.3) is 5.52 Å². The summed E-state index contributed by atoms with van der Waals surface area (Å²) in [5.74, 6) is 1.28. The minimum absolute atomic E-state index is 0.100. The monoisotopic (exact) mass is 328 g/mol. The Morgan fingerprint density at radius 1 is 1.12 bits per heavy atom. The second-order valence-electron chi connectivity index (χ2n) is 6.77. The molecule has 0 radical (unpaired) electrons. The lowest BCUT2D eigenvalue weighted by Crippen LogP contribution is -2.44. The third kappa shape index (κ3) is 3.41. The Hall–Kier alpha value is -2.01. The molecule has 3 rings (SSSR count). The van der Waals surface area contributed by atoms with Gasteiger partial charge in [0.15, 0.2) is 0 Å². The average Bonchev–Trinajstić information content (AvgIpc) is 3.02. The number of amides is 1. The number of nitrogens with zero attached hydrogens (tertiary/aromatic N) is 4. The molecule has 0 atom stereocenters. The van der Waals surface area contributed by atoms with Crippen molar-refractivity contribution in [1.29, 1.82) is 0 Å². The quantitative estimate of drug-likeness (QED) is 0.845. The van der Waals surface area contributed by atoms with Crippen molar-refractivity contribution in [2.24, 2.45) is 0 Å². The first kappa shape index (κ1) is 16.8. The number of hydrogen-bond donors (Lipinski definition) is 0. The number of hydrogen-bond acceptors (Lipinski definition) is 3. The zero-order valence-electron chi connectivity index (χ0n) is 15.0. The van der Waals surface area contributed by atoms with Gasteiger partial charge in [-0.05, 0) is 37.7 Å². The molecule has 0 aromatic carbocycles. The van der Waals surface area contributed by atoms with Gasteiger partial charge < -0.3 is 19.1 Å². The minimum Gasteiger partial charge on any atom is -0.355 e. The van der Waals surface area contributed by atoms with Crippen LogP contribution in [0.4, 0.5) is 5.82 Å². The van der Waals surface area contributed by atoms with Crippen LogP contribution in [0.1, 0.15) is 30.1 Å². The molecule has 1 saturated heterocycles. The average molecular weight is 328 g/mol. The molecule has 0 aliphatic carbocycles. The Kier molecular flexibility index (Phi) is 5.09. The maximum atomic E-state index is 12.6. The molecule has 3 heterocycles. The highest BCUT2D eigenvalue weighted by molar-refractivity contribution is 5.94. The van der Waals surface area contributed by atoms with E-state index in [1.54, 1.807) is 0 Å². The van der Waals surface area contributed by atoms with Crippen LogP contribution < -0.4 is 4.90 Å². The number of fused-ring (bicyclic) bond motifs is 1. The fourth-order valence-electron chi connectivity index (χ4n) is 3.22. The van der Waals surface area contributed by atoms with Crippen molar-refractivity contribution in [3.05, 3.63) is 36.0 Å². The van der Waals surface area contributed by atoms with Gasteiger partial charge in [0.2, 0.25) is 0 Å². The number of aromatic nitrogens is 1. The van der Waals surface area contributed by atoms with Gasteiger partial charge in [-0.2, -0.15) is 0 Å². The number of anilines is 1. The summed E-state index contributed by atoms with van der Waals surface area (Å²) in [5, 5.41) is 0. The fourth-order valence-corrected chi connectivity index (χ4v) is 3.22. The Bertz CT molecular complexity index is 700. The highest BCUT2D eigenvalue weighted by Crippen LogP contribution is 2.22. The summed E-state index contributed by atoms with van der Waals surface area (Å²) >= 11 is 0. The van der Waals surface area contributed by atoms with E-state index >= 15 is 0 Å². The normalized spacial score (nSPS) is 15.9. The Balaban J connectivity index is 1.84. The van der Waals surface area contributed by atoms with E-state index in [1.807, 2.05) is 30.3 Å². The van der Waals surface area contributed by atoms with E-state index in [9.17, 15) is 4.79 Å². The van der Waals surface area contributed by atoms with E-state index in [2.05, 4.69) is 40.3 Å². The zero-order valence-corrected chi connectivity index (χ0v) is 15.0. The Labute approximate surface area is 144 Å². The molecule has 1 amide bonds. The molecule has 5 nitrogen and oxygen atoms in total. The number of likely N-dealkylation sites (N-methyl/N-ethyl adjacent to an activating group) is 1. The van der Waals surface area contributed by atoms with Crippen molar-refractivity contribution in [1.82, 2.24) is 14.2 Å². The standard InChI is InChI=1S/C19H28N4O/c1-4-5-10-21(3)19(24)16-6-7-17-8-9-18(23(17)15-16)22-13-11-20(2)12-14-22/h6-9,15H,4-5,10-14H2,1-3H3. The van der Waals surface area contributed by atoms with E-state index in [4.69, 9.17) is 0 Å². The van der Waals surface area contributed by atoms with Crippen molar-refractivity contribution in [2.75, 3.05) is 51.7 Å². The van der Waals surface area contributed by atoms with Gasteiger partial charge in [0.1, 0.15) is 5.82 Å². The largest absolute Gasteiger partial charge is 0.355 e. The zero-order chi connectivity index (χ0) is 17.1. The smallest absolute Gasteiger partial charge is 0.255 e. The molecule has 0 unspecified atom stereocenters. The summed E-state index contributed by atoms with van der Waals surface area (Å²) in [4.78, 5) is 19.2. The van der Waals surface area contributed by atoms with Crippen LogP contribution in [0.15, 0.2) is 30.5 Å². The van der Waals surface area contributed by atoms with Gasteiger partial charge in [-0.25, -0.2) is 0 Å². The number of unbranched alkanes of at least 4 members (excludes halogenated alkanes) is 1. The lowest BCUT2D eigenvalue weighted by Gasteiger charge is -2.33. The lowest BCUT2D eigenvalue weighted by atomic mass is 10.2. The molecule has 2 aromatic rings. The van der Waals surface area contributed by atoms with Crippen LogP contribution in [0, 0.1) is 0 Å². The number of carbonyl (C=O) groups is 1. The van der Waals surface area contributed by atoms with Gasteiger partial charge in [-0.3, -0.25) is 4.79 Å². The Morgan fingerprint density at radius 3 is 2.54 bits per heavy atom. The molecule has 0 saturated carbocycles. The van der Waals surface area contributed by atoms with Crippen molar-refractivity contribution in [2.45, 2.75) is 19.8 Å². The van der Waals surface area contributed by atoms with E-state index in [0.29, 0.717) is 0 Å². The molecule has 24 heavy (non-hydrogen) atoms. The van der Waals surface area contributed by atoms with Crippen LogP contribution >= 0.6 is 0 Å². The number of pyridine rings is 1. The number of carbonyl (C=O) groups excluding carboxylic acids is 1. The van der Waals surface area contributed by atoms with Crippen LogP contribution in [0.3, 0.4) is 0 Å². The molecule has 1 aliphatic rings. The Morgan fingerprint density at radius 2 is 1.83 bits per heavy atom. The summed E-state index contributed by atoms with van der Waals surface area (Å²) in [5.41, 5.74) is 1.89. The van der Waals surface area contributed by atoms with Crippen molar-refractivity contribution in [3.8, 4) is 0 Å². The summed E-state index contributed by atoms with van der Waals surface area (Å²) in [6, 6.07) is 8.27. The predicted molar refractivity (Wildman–Crippen MR) is 99.0 cm³/mol. The third-order valence-corrected chi connectivity index (χ3v) is 4.90. The first-order chi connectivity index (χ1) is 11.6. The number of piperazine rings is 1. The first-order valence-corrected chi connectivity index (χ1v) is 8.90. The van der Waals surface area contributed by atoms with Gasteiger partial charge in [0, 0.05) is 51.5 Å². The van der Waals surface area contributed by atoms with E-state index in [1.165, 1.54) is 5.82 Å². The first-order valence-electron chi connectivity index (χ1n) is 8.90. The second kappa shape index (κ2) is 7.26. The van der Waals surface area contributed by atoms with Crippen LogP contribution in [0.2, 0.25) is 0 Å². The molecule has 5 heteroatoms. The van der Waals surface area contributed by atoms with Crippen LogP contribution in [-0.4, -0.2) is 66.9 Å². The highest BCUT2D eigenvalue weighted by atomic mass is 16.2.